The summed E-state index contributed by atoms with van der Waals surface area (Å²) in [5, 5.41) is 2.49. The number of ether oxygens (including phenoxy) is 1. The Morgan fingerprint density at radius 2 is 1.85 bits per heavy atom. The zero-order chi connectivity index (χ0) is 14.4. The van der Waals surface area contributed by atoms with Gasteiger partial charge in [0.2, 0.25) is 5.91 Å². The molecule has 0 atom stereocenters. The molecular weight excluding hydrogens is 259 g/mol. The fourth-order valence-electron chi connectivity index (χ4n) is 1.64. The van der Waals surface area contributed by atoms with Crippen LogP contribution in [0.5, 0.6) is 5.75 Å². The second-order valence-electron chi connectivity index (χ2n) is 4.16. The molecule has 0 radical (unpaired) electrons. The second kappa shape index (κ2) is 6.56. The number of para-hydroxylation sites is 3. The summed E-state index contributed by atoms with van der Waals surface area (Å²) < 4.78 is 18.7. The largest absolute Gasteiger partial charge is 0.491 e. The first-order chi connectivity index (χ1) is 9.66. The molecular formula is C15H15FN2O2. The molecule has 2 rings (SSSR count). The molecule has 0 saturated carbocycles. The molecule has 0 bridgehead atoms. The van der Waals surface area contributed by atoms with E-state index in [1.54, 1.807) is 36.4 Å². The highest BCUT2D eigenvalue weighted by Crippen LogP contribution is 2.19. The second-order valence-corrected chi connectivity index (χ2v) is 4.16. The minimum Gasteiger partial charge on any atom is -0.491 e. The van der Waals surface area contributed by atoms with Crippen LogP contribution in [0.4, 0.5) is 15.8 Å². The number of anilines is 2. The summed E-state index contributed by atoms with van der Waals surface area (Å²) in [6.45, 7) is 0.175. The Morgan fingerprint density at radius 3 is 2.60 bits per heavy atom. The third kappa shape index (κ3) is 3.71. The van der Waals surface area contributed by atoms with Crippen molar-refractivity contribution in [2.75, 3.05) is 17.7 Å². The predicted molar refractivity (Wildman–Crippen MR) is 76.0 cm³/mol. The van der Waals surface area contributed by atoms with Crippen LogP contribution in [0.25, 0.3) is 0 Å². The van der Waals surface area contributed by atoms with E-state index < -0.39 is 5.82 Å². The maximum absolute atomic E-state index is 13.3. The minimum atomic E-state index is -0.464. The van der Waals surface area contributed by atoms with Crippen LogP contribution in [0.2, 0.25) is 0 Å². The van der Waals surface area contributed by atoms with Crippen LogP contribution in [-0.4, -0.2) is 12.5 Å². The zero-order valence-corrected chi connectivity index (χ0v) is 10.8. The van der Waals surface area contributed by atoms with Gasteiger partial charge in [-0.15, -0.1) is 0 Å². The molecule has 0 heterocycles. The Morgan fingerprint density at radius 1 is 1.15 bits per heavy atom. The van der Waals surface area contributed by atoms with Gasteiger partial charge in [-0.3, -0.25) is 4.79 Å². The molecule has 1 amide bonds. The number of amides is 1. The lowest BCUT2D eigenvalue weighted by Crippen LogP contribution is -2.16. The van der Waals surface area contributed by atoms with Crippen LogP contribution >= 0.6 is 0 Å². The maximum atomic E-state index is 13.3. The summed E-state index contributed by atoms with van der Waals surface area (Å²) in [4.78, 5) is 11.7. The highest BCUT2D eigenvalue weighted by molar-refractivity contribution is 5.90. The van der Waals surface area contributed by atoms with Gasteiger partial charge in [-0.05, 0) is 24.3 Å². The van der Waals surface area contributed by atoms with Crippen LogP contribution in [0.1, 0.15) is 6.42 Å². The number of rotatable bonds is 5. The van der Waals surface area contributed by atoms with Crippen molar-refractivity contribution >= 4 is 17.3 Å². The van der Waals surface area contributed by atoms with Crippen LogP contribution in [-0.2, 0) is 4.79 Å². The third-order valence-electron chi connectivity index (χ3n) is 2.65. The molecule has 0 aromatic heterocycles. The first kappa shape index (κ1) is 13.9. The number of nitrogens with two attached hydrogens (primary N) is 1. The quantitative estimate of drug-likeness (QED) is 0.824. The van der Waals surface area contributed by atoms with E-state index in [9.17, 15) is 9.18 Å². The number of nitrogen functional groups attached to an aromatic ring is 1. The molecule has 5 heteroatoms. The lowest BCUT2D eigenvalue weighted by atomic mass is 10.3. The Labute approximate surface area is 116 Å². The van der Waals surface area contributed by atoms with Gasteiger partial charge >= 0.3 is 0 Å². The molecule has 3 N–H and O–H groups in total. The van der Waals surface area contributed by atoms with Gasteiger partial charge < -0.3 is 15.8 Å². The van der Waals surface area contributed by atoms with Crippen molar-refractivity contribution in [2.45, 2.75) is 6.42 Å². The number of hydrogen-bond donors (Lipinski definition) is 2. The van der Waals surface area contributed by atoms with Crippen molar-refractivity contribution < 1.29 is 13.9 Å². The molecule has 0 unspecified atom stereocenters. The monoisotopic (exact) mass is 274 g/mol. The molecule has 0 fully saturated rings. The third-order valence-corrected chi connectivity index (χ3v) is 2.65. The molecule has 2 aromatic rings. The van der Waals surface area contributed by atoms with E-state index in [1.165, 1.54) is 12.1 Å². The topological polar surface area (TPSA) is 64.3 Å². The van der Waals surface area contributed by atoms with Gasteiger partial charge in [0.05, 0.1) is 24.4 Å². The van der Waals surface area contributed by atoms with Crippen molar-refractivity contribution in [3.8, 4) is 5.75 Å². The smallest absolute Gasteiger partial charge is 0.227 e. The zero-order valence-electron chi connectivity index (χ0n) is 10.8. The average molecular weight is 274 g/mol. The summed E-state index contributed by atoms with van der Waals surface area (Å²) >= 11 is 0. The number of benzene rings is 2. The highest BCUT2D eigenvalue weighted by atomic mass is 19.1. The van der Waals surface area contributed by atoms with E-state index in [0.717, 1.165) is 0 Å². The summed E-state index contributed by atoms with van der Waals surface area (Å²) in [6, 6.07) is 13.0. The average Bonchev–Trinajstić information content (AvgIpc) is 2.43. The van der Waals surface area contributed by atoms with E-state index in [1.807, 2.05) is 0 Å². The number of hydrogen-bond acceptors (Lipinski definition) is 3. The van der Waals surface area contributed by atoms with Gasteiger partial charge in [-0.2, -0.15) is 0 Å². The Kier molecular flexibility index (Phi) is 4.55. The van der Waals surface area contributed by atoms with E-state index in [2.05, 4.69) is 5.32 Å². The van der Waals surface area contributed by atoms with Gasteiger partial charge in [0.25, 0.3) is 0 Å². The van der Waals surface area contributed by atoms with Crippen molar-refractivity contribution in [3.05, 3.63) is 54.3 Å². The fraction of sp³-hybridized carbons (Fsp3) is 0.133. The highest BCUT2D eigenvalue weighted by Gasteiger charge is 2.07. The number of halogens is 1. The first-order valence-corrected chi connectivity index (χ1v) is 6.18. The molecule has 0 aliphatic carbocycles. The number of carbonyl (C=O) groups excluding carboxylic acids is 1. The SMILES string of the molecule is Nc1ccccc1OCCC(=O)Nc1ccccc1F. The fourth-order valence-corrected chi connectivity index (χ4v) is 1.64. The van der Waals surface area contributed by atoms with Gasteiger partial charge in [0.1, 0.15) is 11.6 Å². The van der Waals surface area contributed by atoms with Crippen LogP contribution in [0.15, 0.2) is 48.5 Å². The summed E-state index contributed by atoms with van der Waals surface area (Å²) in [5.41, 5.74) is 6.39. The molecule has 0 aliphatic rings. The van der Waals surface area contributed by atoms with Gasteiger partial charge in [-0.1, -0.05) is 24.3 Å². The minimum absolute atomic E-state index is 0.114. The van der Waals surface area contributed by atoms with Crippen molar-refractivity contribution in [1.82, 2.24) is 0 Å². The van der Waals surface area contributed by atoms with E-state index >= 15 is 0 Å². The summed E-state index contributed by atoms with van der Waals surface area (Å²) in [6.07, 6.45) is 0.114. The molecule has 104 valence electrons. The maximum Gasteiger partial charge on any atom is 0.227 e. The van der Waals surface area contributed by atoms with Crippen LogP contribution in [0.3, 0.4) is 0 Å². The standard InChI is InChI=1S/C15H15FN2O2/c16-11-5-1-3-7-13(11)18-15(19)9-10-20-14-8-4-2-6-12(14)17/h1-8H,9-10,17H2,(H,18,19). The lowest BCUT2D eigenvalue weighted by molar-refractivity contribution is -0.116. The van der Waals surface area contributed by atoms with E-state index in [4.69, 9.17) is 10.5 Å². The van der Waals surface area contributed by atoms with Gasteiger partial charge in [0.15, 0.2) is 0 Å². The van der Waals surface area contributed by atoms with E-state index in [-0.39, 0.29) is 24.6 Å². The predicted octanol–water partition coefficient (Wildman–Crippen LogP) is 2.82. The van der Waals surface area contributed by atoms with Crippen LogP contribution in [0, 0.1) is 5.82 Å². The Bertz CT molecular complexity index is 602. The van der Waals surface area contributed by atoms with E-state index in [0.29, 0.717) is 11.4 Å². The van der Waals surface area contributed by atoms with Crippen molar-refractivity contribution in [2.24, 2.45) is 0 Å². The molecule has 20 heavy (non-hydrogen) atoms. The molecule has 0 aliphatic heterocycles. The summed E-state index contributed by atoms with van der Waals surface area (Å²) in [5.74, 6) is -0.245. The van der Waals surface area contributed by atoms with Gasteiger partial charge in [0, 0.05) is 0 Å². The molecule has 4 nitrogen and oxygen atoms in total. The summed E-state index contributed by atoms with van der Waals surface area (Å²) in [7, 11) is 0. The Hall–Kier alpha value is -2.56. The number of carbonyl (C=O) groups is 1. The van der Waals surface area contributed by atoms with Gasteiger partial charge in [-0.25, -0.2) is 4.39 Å². The molecule has 2 aromatic carbocycles. The normalized spacial score (nSPS) is 10.1. The molecule has 0 spiro atoms. The van der Waals surface area contributed by atoms with Crippen molar-refractivity contribution in [1.29, 1.82) is 0 Å². The van der Waals surface area contributed by atoms with Crippen LogP contribution < -0.4 is 15.8 Å². The van der Waals surface area contributed by atoms with Crippen molar-refractivity contribution in [3.63, 3.8) is 0 Å². The molecule has 0 saturated heterocycles. The lowest BCUT2D eigenvalue weighted by Gasteiger charge is -2.09. The first-order valence-electron chi connectivity index (χ1n) is 6.18. The number of nitrogens with one attached hydrogen (secondary N) is 1. The Balaban J connectivity index is 1.82.